The average Bonchev–Trinajstić information content (AvgIpc) is 2.97. The Labute approximate surface area is 161 Å². The summed E-state index contributed by atoms with van der Waals surface area (Å²) in [5.74, 6) is -0.228. The minimum Gasteiger partial charge on any atom is -0.495 e. The normalized spacial score (nSPS) is 19.2. The number of methoxy groups -OCH3 is 1. The molecule has 1 aliphatic heterocycles. The van der Waals surface area contributed by atoms with Crippen molar-refractivity contribution in [2.24, 2.45) is 0 Å². The number of carbonyl (C=O) groups is 1. The van der Waals surface area contributed by atoms with E-state index in [2.05, 4.69) is 0 Å². The van der Waals surface area contributed by atoms with Crippen LogP contribution in [0.15, 0.2) is 23.1 Å². The topological polar surface area (TPSA) is 101 Å². The number of hydrogen-bond donors (Lipinski definition) is 0. The standard InChI is InChI=1S/C17H26N2O6S2/c1-5-9-19(14-8-10-26(21,22)12-14)17(20)13-6-7-15(25-4)16(11-13)27(23,24)18(2)3/h6-7,11,14H,5,8-10,12H2,1-4H3. The number of amides is 1. The molecule has 1 saturated heterocycles. The fraction of sp³-hybridized carbons (Fsp3) is 0.588. The summed E-state index contributed by atoms with van der Waals surface area (Å²) in [6, 6.07) is 3.85. The maximum atomic E-state index is 13.1. The van der Waals surface area contributed by atoms with Gasteiger partial charge in [0.2, 0.25) is 10.0 Å². The molecule has 0 radical (unpaired) electrons. The predicted molar refractivity (Wildman–Crippen MR) is 102 cm³/mol. The van der Waals surface area contributed by atoms with Crippen LogP contribution in [0.5, 0.6) is 5.75 Å². The molecule has 0 spiro atoms. The molecular formula is C17H26N2O6S2. The van der Waals surface area contributed by atoms with Crippen molar-refractivity contribution in [1.29, 1.82) is 0 Å². The van der Waals surface area contributed by atoms with E-state index in [1.54, 1.807) is 4.90 Å². The number of carbonyl (C=O) groups excluding carboxylic acids is 1. The fourth-order valence-electron chi connectivity index (χ4n) is 3.09. The van der Waals surface area contributed by atoms with E-state index in [1.807, 2.05) is 6.92 Å². The van der Waals surface area contributed by atoms with Crippen LogP contribution in [-0.2, 0) is 19.9 Å². The van der Waals surface area contributed by atoms with Crippen LogP contribution in [0.3, 0.4) is 0 Å². The van der Waals surface area contributed by atoms with Crippen molar-refractivity contribution < 1.29 is 26.4 Å². The van der Waals surface area contributed by atoms with Crippen LogP contribution >= 0.6 is 0 Å². The van der Waals surface area contributed by atoms with Crippen molar-refractivity contribution in [2.45, 2.75) is 30.7 Å². The van der Waals surface area contributed by atoms with Crippen LogP contribution in [0.2, 0.25) is 0 Å². The van der Waals surface area contributed by atoms with Crippen LogP contribution < -0.4 is 4.74 Å². The van der Waals surface area contributed by atoms with E-state index < -0.39 is 25.9 Å². The van der Waals surface area contributed by atoms with Crippen molar-refractivity contribution in [1.82, 2.24) is 9.21 Å². The minimum absolute atomic E-state index is 0.0578. The second-order valence-corrected chi connectivity index (χ2v) is 11.1. The Bertz CT molecular complexity index is 909. The predicted octanol–water partition coefficient (Wildman–Crippen LogP) is 0.985. The molecule has 1 unspecified atom stereocenters. The van der Waals surface area contributed by atoms with Gasteiger partial charge in [0.1, 0.15) is 10.6 Å². The second kappa shape index (κ2) is 8.15. The second-order valence-electron chi connectivity index (χ2n) is 6.71. The zero-order valence-electron chi connectivity index (χ0n) is 16.0. The highest BCUT2D eigenvalue weighted by Gasteiger charge is 2.35. The molecule has 0 aliphatic carbocycles. The molecule has 0 saturated carbocycles. The van der Waals surface area contributed by atoms with Crippen molar-refractivity contribution >= 4 is 25.8 Å². The Balaban J connectivity index is 2.45. The first-order chi connectivity index (χ1) is 12.5. The van der Waals surface area contributed by atoms with Gasteiger partial charge in [0, 0.05) is 32.2 Å². The zero-order chi connectivity index (χ0) is 20.4. The number of nitrogens with zero attached hydrogens (tertiary/aromatic N) is 2. The molecule has 0 bridgehead atoms. The van der Waals surface area contributed by atoms with E-state index in [-0.39, 0.29) is 33.6 Å². The molecule has 2 rings (SSSR count). The third-order valence-corrected chi connectivity index (χ3v) is 8.13. The first-order valence-electron chi connectivity index (χ1n) is 8.65. The Morgan fingerprint density at radius 3 is 2.44 bits per heavy atom. The smallest absolute Gasteiger partial charge is 0.254 e. The summed E-state index contributed by atoms with van der Waals surface area (Å²) < 4.78 is 54.9. The Morgan fingerprint density at radius 2 is 1.96 bits per heavy atom. The summed E-state index contributed by atoms with van der Waals surface area (Å²) in [6.45, 7) is 2.31. The maximum Gasteiger partial charge on any atom is 0.254 e. The third-order valence-electron chi connectivity index (χ3n) is 4.54. The summed E-state index contributed by atoms with van der Waals surface area (Å²) in [5.41, 5.74) is 0.189. The number of ether oxygens (including phenoxy) is 1. The monoisotopic (exact) mass is 418 g/mol. The highest BCUT2D eigenvalue weighted by molar-refractivity contribution is 7.91. The van der Waals surface area contributed by atoms with Gasteiger partial charge >= 0.3 is 0 Å². The van der Waals surface area contributed by atoms with Gasteiger partial charge in [-0.3, -0.25) is 4.79 Å². The van der Waals surface area contributed by atoms with E-state index in [0.29, 0.717) is 19.4 Å². The third kappa shape index (κ3) is 4.61. The summed E-state index contributed by atoms with van der Waals surface area (Å²) in [7, 11) is -2.80. The lowest BCUT2D eigenvalue weighted by atomic mass is 10.1. The Kier molecular flexibility index (Phi) is 6.54. The van der Waals surface area contributed by atoms with Gasteiger partial charge in [0.05, 0.1) is 18.6 Å². The van der Waals surface area contributed by atoms with Gasteiger partial charge in [-0.05, 0) is 31.0 Å². The van der Waals surface area contributed by atoms with Crippen molar-refractivity contribution in [2.75, 3.05) is 39.3 Å². The zero-order valence-corrected chi connectivity index (χ0v) is 17.6. The number of hydrogen-bond acceptors (Lipinski definition) is 6. The molecule has 1 heterocycles. The van der Waals surface area contributed by atoms with Gasteiger partial charge in [-0.25, -0.2) is 21.1 Å². The van der Waals surface area contributed by atoms with Crippen LogP contribution in [0, 0.1) is 0 Å². The molecule has 0 aromatic heterocycles. The first-order valence-corrected chi connectivity index (χ1v) is 11.9. The summed E-state index contributed by atoms with van der Waals surface area (Å²) in [5, 5.41) is 0. The van der Waals surface area contributed by atoms with Gasteiger partial charge in [-0.2, -0.15) is 0 Å². The van der Waals surface area contributed by atoms with E-state index in [9.17, 15) is 21.6 Å². The van der Waals surface area contributed by atoms with E-state index in [1.165, 1.54) is 39.4 Å². The number of benzene rings is 1. The molecule has 0 N–H and O–H groups in total. The number of sulfonamides is 1. The lowest BCUT2D eigenvalue weighted by molar-refractivity contribution is 0.0696. The first kappa shape index (κ1) is 21.6. The fourth-order valence-corrected chi connectivity index (χ4v) is 5.89. The minimum atomic E-state index is -3.81. The van der Waals surface area contributed by atoms with Gasteiger partial charge in [0.25, 0.3) is 5.91 Å². The number of sulfone groups is 1. The van der Waals surface area contributed by atoms with Crippen LogP contribution in [-0.4, -0.2) is 77.2 Å². The van der Waals surface area contributed by atoms with Gasteiger partial charge < -0.3 is 9.64 Å². The molecule has 1 fully saturated rings. The summed E-state index contributed by atoms with van der Waals surface area (Å²) in [6.07, 6.45) is 1.06. The van der Waals surface area contributed by atoms with Crippen molar-refractivity contribution in [3.63, 3.8) is 0 Å². The van der Waals surface area contributed by atoms with Gasteiger partial charge in [-0.1, -0.05) is 6.92 Å². The average molecular weight is 419 g/mol. The molecule has 1 aromatic rings. The Morgan fingerprint density at radius 1 is 1.30 bits per heavy atom. The molecule has 152 valence electrons. The lowest BCUT2D eigenvalue weighted by Gasteiger charge is -2.28. The van der Waals surface area contributed by atoms with E-state index in [4.69, 9.17) is 4.74 Å². The maximum absolute atomic E-state index is 13.1. The van der Waals surface area contributed by atoms with Crippen LogP contribution in [0.4, 0.5) is 0 Å². The van der Waals surface area contributed by atoms with Crippen LogP contribution in [0.1, 0.15) is 30.1 Å². The van der Waals surface area contributed by atoms with Crippen molar-refractivity contribution in [3.8, 4) is 5.75 Å². The van der Waals surface area contributed by atoms with Gasteiger partial charge in [0.15, 0.2) is 9.84 Å². The molecule has 1 amide bonds. The largest absolute Gasteiger partial charge is 0.495 e. The highest BCUT2D eigenvalue weighted by Crippen LogP contribution is 2.28. The highest BCUT2D eigenvalue weighted by atomic mass is 32.2. The molecule has 1 aliphatic rings. The SMILES string of the molecule is CCCN(C(=O)c1ccc(OC)c(S(=O)(=O)N(C)C)c1)C1CCS(=O)(=O)C1. The molecule has 8 nitrogen and oxygen atoms in total. The molecule has 27 heavy (non-hydrogen) atoms. The molecule has 1 atom stereocenters. The lowest BCUT2D eigenvalue weighted by Crippen LogP contribution is -2.41. The molecule has 1 aromatic carbocycles. The van der Waals surface area contributed by atoms with E-state index in [0.717, 1.165) is 4.31 Å². The van der Waals surface area contributed by atoms with Crippen molar-refractivity contribution in [3.05, 3.63) is 23.8 Å². The molecule has 10 heteroatoms. The van der Waals surface area contributed by atoms with Crippen LogP contribution in [0.25, 0.3) is 0 Å². The van der Waals surface area contributed by atoms with E-state index >= 15 is 0 Å². The quantitative estimate of drug-likeness (QED) is 0.654. The Hall–Kier alpha value is -1.65. The summed E-state index contributed by atoms with van der Waals surface area (Å²) in [4.78, 5) is 14.5. The summed E-state index contributed by atoms with van der Waals surface area (Å²) >= 11 is 0. The van der Waals surface area contributed by atoms with Gasteiger partial charge in [-0.15, -0.1) is 0 Å². The molecular weight excluding hydrogens is 392 g/mol. The number of rotatable bonds is 7.